The molecule has 1 aliphatic rings. The number of halogens is 3. The minimum Gasteiger partial charge on any atom is -0.496 e. The highest BCUT2D eigenvalue weighted by atomic mass is 35.5. The van der Waals surface area contributed by atoms with E-state index in [1.165, 1.54) is 0 Å². The molecule has 1 heterocycles. The van der Waals surface area contributed by atoms with Gasteiger partial charge in [-0.1, -0.05) is 71.2 Å². The Morgan fingerprint density at radius 1 is 1.25 bits per heavy atom. The molecule has 1 aromatic rings. The molecule has 7 heteroatoms. The quantitative estimate of drug-likeness (QED) is 0.675. The highest BCUT2D eigenvalue weighted by molar-refractivity contribution is 6.48. The third-order valence-electron chi connectivity index (χ3n) is 3.53. The van der Waals surface area contributed by atoms with Crippen LogP contribution in [0.2, 0.25) is 0 Å². The summed E-state index contributed by atoms with van der Waals surface area (Å²) in [7, 11) is 1.65. The van der Waals surface area contributed by atoms with Gasteiger partial charge in [-0.3, -0.25) is 0 Å². The van der Waals surface area contributed by atoms with Crippen molar-refractivity contribution < 1.29 is 14.3 Å². The Labute approximate surface area is 156 Å². The first-order chi connectivity index (χ1) is 11.5. The molecular weight excluding hydrogens is 373 g/mol. The average Bonchev–Trinajstić information content (AvgIpc) is 2.60. The Hall–Kier alpha value is -1.36. The van der Waals surface area contributed by atoms with E-state index >= 15 is 0 Å². The van der Waals surface area contributed by atoms with Gasteiger partial charge in [-0.2, -0.15) is 0 Å². The Bertz CT molecular complexity index is 631. The Morgan fingerprint density at radius 2 is 2.00 bits per heavy atom. The Kier molecular flexibility index (Phi) is 7.28. The van der Waals surface area contributed by atoms with Crippen LogP contribution in [-0.4, -0.2) is 41.6 Å². The lowest BCUT2D eigenvalue weighted by Gasteiger charge is -2.26. The standard InChI is InChI=1S/C17H18Cl3NO3/c1-23-14-5-3-2-4-13(14)7-6-12-8-10-21(11-9-12)17(22)24-16(20)15(18)19/h2-8,15-16H,9-11H2,1H3. The molecular formula is C17H18Cl3NO3. The van der Waals surface area contributed by atoms with Gasteiger partial charge in [0.1, 0.15) is 5.75 Å². The van der Waals surface area contributed by atoms with Crippen LogP contribution in [-0.2, 0) is 4.74 Å². The highest BCUT2D eigenvalue weighted by Crippen LogP contribution is 2.22. The van der Waals surface area contributed by atoms with E-state index in [2.05, 4.69) is 0 Å². The molecule has 1 unspecified atom stereocenters. The fraction of sp³-hybridized carbons (Fsp3) is 0.353. The van der Waals surface area contributed by atoms with Crippen molar-refractivity contribution >= 4 is 47.0 Å². The number of rotatable bonds is 5. The average molecular weight is 391 g/mol. The van der Waals surface area contributed by atoms with E-state index in [9.17, 15) is 4.79 Å². The smallest absolute Gasteiger partial charge is 0.411 e. The normalized spacial score (nSPS) is 16.2. The summed E-state index contributed by atoms with van der Waals surface area (Å²) in [5.41, 5.74) is 1.08. The van der Waals surface area contributed by atoms with Crippen LogP contribution in [0.15, 0.2) is 42.0 Å². The minimum absolute atomic E-state index is 0.448. The summed E-state index contributed by atoms with van der Waals surface area (Å²) in [6, 6.07) is 7.78. The van der Waals surface area contributed by atoms with Gasteiger partial charge in [-0.05, 0) is 18.1 Å². The predicted octanol–water partition coefficient (Wildman–Crippen LogP) is 4.85. The molecule has 1 amide bonds. The monoisotopic (exact) mass is 389 g/mol. The third-order valence-corrected chi connectivity index (χ3v) is 4.59. The van der Waals surface area contributed by atoms with E-state index in [-0.39, 0.29) is 0 Å². The van der Waals surface area contributed by atoms with Gasteiger partial charge in [0.15, 0.2) is 4.84 Å². The summed E-state index contributed by atoms with van der Waals surface area (Å²) in [6.07, 6.45) is 6.19. The van der Waals surface area contributed by atoms with Gasteiger partial charge < -0.3 is 14.4 Å². The van der Waals surface area contributed by atoms with Crippen molar-refractivity contribution in [2.45, 2.75) is 16.8 Å². The van der Waals surface area contributed by atoms with Gasteiger partial charge in [-0.25, -0.2) is 4.79 Å². The van der Waals surface area contributed by atoms with E-state index in [1.54, 1.807) is 12.0 Å². The van der Waals surface area contributed by atoms with Crippen molar-refractivity contribution in [2.24, 2.45) is 0 Å². The van der Waals surface area contributed by atoms with Crippen molar-refractivity contribution in [3.05, 3.63) is 47.6 Å². The number of ether oxygens (including phenoxy) is 2. The molecule has 0 fully saturated rings. The van der Waals surface area contributed by atoms with Crippen molar-refractivity contribution in [3.8, 4) is 5.75 Å². The summed E-state index contributed by atoms with van der Waals surface area (Å²) < 4.78 is 10.3. The molecule has 0 N–H and O–H groups in total. The molecule has 24 heavy (non-hydrogen) atoms. The number of allylic oxidation sites excluding steroid dienone is 1. The van der Waals surface area contributed by atoms with Gasteiger partial charge in [0, 0.05) is 18.7 Å². The zero-order chi connectivity index (χ0) is 17.5. The summed E-state index contributed by atoms with van der Waals surface area (Å²) >= 11 is 16.9. The molecule has 0 aliphatic carbocycles. The molecule has 1 aliphatic heterocycles. The van der Waals surface area contributed by atoms with Gasteiger partial charge >= 0.3 is 6.09 Å². The molecule has 2 rings (SSSR count). The van der Waals surface area contributed by atoms with Gasteiger partial charge in [-0.15, -0.1) is 0 Å². The van der Waals surface area contributed by atoms with Gasteiger partial charge in [0.05, 0.1) is 7.11 Å². The second kappa shape index (κ2) is 9.21. The second-order valence-corrected chi connectivity index (χ2v) is 6.71. The molecule has 0 saturated heterocycles. The lowest BCUT2D eigenvalue weighted by Crippen LogP contribution is -2.37. The maximum absolute atomic E-state index is 11.9. The fourth-order valence-corrected chi connectivity index (χ4v) is 2.40. The number of benzene rings is 1. The Morgan fingerprint density at radius 3 is 2.62 bits per heavy atom. The number of hydrogen-bond donors (Lipinski definition) is 0. The molecule has 0 radical (unpaired) electrons. The first-order valence-electron chi connectivity index (χ1n) is 7.39. The molecule has 1 atom stereocenters. The summed E-state index contributed by atoms with van der Waals surface area (Å²) in [4.78, 5) is 12.5. The van der Waals surface area contributed by atoms with E-state index < -0.39 is 16.5 Å². The highest BCUT2D eigenvalue weighted by Gasteiger charge is 2.23. The summed E-state index contributed by atoms with van der Waals surface area (Å²) in [6.45, 7) is 0.989. The van der Waals surface area contributed by atoms with Crippen LogP contribution in [0.1, 0.15) is 12.0 Å². The van der Waals surface area contributed by atoms with E-state index in [4.69, 9.17) is 44.3 Å². The second-order valence-electron chi connectivity index (χ2n) is 5.12. The molecule has 0 spiro atoms. The topological polar surface area (TPSA) is 38.8 Å². The third kappa shape index (κ3) is 5.33. The predicted molar refractivity (Wildman–Crippen MR) is 97.9 cm³/mol. The number of methoxy groups -OCH3 is 1. The summed E-state index contributed by atoms with van der Waals surface area (Å²) in [5, 5.41) is 0. The van der Waals surface area contributed by atoms with Gasteiger partial charge in [0.25, 0.3) is 0 Å². The number of para-hydroxylation sites is 1. The zero-order valence-electron chi connectivity index (χ0n) is 13.1. The SMILES string of the molecule is COc1ccccc1C=CC1=CCN(C(=O)OC(Cl)C(Cl)Cl)CC1. The Balaban J connectivity index is 1.93. The largest absolute Gasteiger partial charge is 0.496 e. The van der Waals surface area contributed by atoms with Crippen LogP contribution in [0.3, 0.4) is 0 Å². The lowest BCUT2D eigenvalue weighted by atomic mass is 10.1. The first kappa shape index (κ1) is 19.0. The van der Waals surface area contributed by atoms with Crippen molar-refractivity contribution in [1.29, 1.82) is 0 Å². The molecule has 0 bridgehead atoms. The van der Waals surface area contributed by atoms with Crippen LogP contribution < -0.4 is 4.74 Å². The number of carbonyl (C=O) groups is 1. The van der Waals surface area contributed by atoms with E-state index in [0.717, 1.165) is 23.3 Å². The van der Waals surface area contributed by atoms with E-state index in [0.29, 0.717) is 13.1 Å². The number of alkyl halides is 3. The van der Waals surface area contributed by atoms with Crippen LogP contribution in [0, 0.1) is 0 Å². The summed E-state index contributed by atoms with van der Waals surface area (Å²) in [5.74, 6) is 0.820. The van der Waals surface area contributed by atoms with Crippen LogP contribution in [0.4, 0.5) is 4.79 Å². The fourth-order valence-electron chi connectivity index (χ4n) is 2.23. The van der Waals surface area contributed by atoms with Crippen LogP contribution in [0.5, 0.6) is 5.75 Å². The first-order valence-corrected chi connectivity index (χ1v) is 8.70. The molecule has 1 aromatic carbocycles. The number of amides is 1. The van der Waals surface area contributed by atoms with Crippen molar-refractivity contribution in [3.63, 3.8) is 0 Å². The maximum atomic E-state index is 11.9. The van der Waals surface area contributed by atoms with E-state index in [1.807, 2.05) is 42.5 Å². The number of hydrogen-bond acceptors (Lipinski definition) is 3. The van der Waals surface area contributed by atoms with Gasteiger partial charge in [0.2, 0.25) is 5.56 Å². The van der Waals surface area contributed by atoms with Crippen LogP contribution >= 0.6 is 34.8 Å². The number of nitrogens with zero attached hydrogens (tertiary/aromatic N) is 1. The lowest BCUT2D eigenvalue weighted by molar-refractivity contribution is 0.0971. The van der Waals surface area contributed by atoms with Crippen molar-refractivity contribution in [1.82, 2.24) is 4.90 Å². The minimum atomic E-state index is -1.06. The zero-order valence-corrected chi connectivity index (χ0v) is 15.4. The maximum Gasteiger partial charge on any atom is 0.411 e. The molecule has 0 aromatic heterocycles. The number of carbonyl (C=O) groups excluding carboxylic acids is 1. The molecule has 0 saturated carbocycles. The van der Waals surface area contributed by atoms with Crippen LogP contribution in [0.25, 0.3) is 6.08 Å². The molecule has 4 nitrogen and oxygen atoms in total. The van der Waals surface area contributed by atoms with Crippen molar-refractivity contribution in [2.75, 3.05) is 20.2 Å². The molecule has 130 valence electrons.